The Hall–Kier alpha value is -5.48. The molecular formula is C36H22N2O2. The van der Waals surface area contributed by atoms with Gasteiger partial charge in [0.15, 0.2) is 5.58 Å². The minimum atomic E-state index is 0.715. The average Bonchev–Trinajstić information content (AvgIpc) is 3.66. The van der Waals surface area contributed by atoms with Crippen LogP contribution >= 0.6 is 0 Å². The van der Waals surface area contributed by atoms with Crippen LogP contribution in [0.4, 0.5) is 5.69 Å². The molecule has 0 saturated heterocycles. The number of anilines is 1. The summed E-state index contributed by atoms with van der Waals surface area (Å²) in [5.41, 5.74) is 16.2. The molecule has 0 radical (unpaired) electrons. The number of para-hydroxylation sites is 3. The van der Waals surface area contributed by atoms with Gasteiger partial charge in [0, 0.05) is 43.6 Å². The molecule has 4 heteroatoms. The van der Waals surface area contributed by atoms with Gasteiger partial charge in [0.1, 0.15) is 16.7 Å². The lowest BCUT2D eigenvalue weighted by Gasteiger charge is -2.16. The van der Waals surface area contributed by atoms with Crippen LogP contribution in [0.3, 0.4) is 0 Å². The van der Waals surface area contributed by atoms with E-state index in [1.165, 1.54) is 5.39 Å². The topological polar surface area (TPSA) is 57.2 Å². The molecule has 0 aliphatic rings. The van der Waals surface area contributed by atoms with E-state index in [0.717, 1.165) is 77.1 Å². The van der Waals surface area contributed by atoms with Crippen LogP contribution < -0.4 is 5.73 Å². The van der Waals surface area contributed by atoms with Gasteiger partial charge in [-0.05, 0) is 54.1 Å². The number of furan rings is 2. The maximum Gasteiger partial charge on any atom is 0.160 e. The standard InChI is InChI=1S/C36H22N2O2/c37-28-11-7-13-30(34(28)21-16-19-33-27(20-21)24-10-3-5-14-31(24)39-33)38-29-12-4-1-8-22(29)25-17-18-26-23-9-2-6-15-32(23)40-36(26)35(25)38/h1-20H,37H2. The number of hydrogen-bond acceptors (Lipinski definition) is 3. The van der Waals surface area contributed by atoms with Gasteiger partial charge in [-0.2, -0.15) is 0 Å². The van der Waals surface area contributed by atoms with Gasteiger partial charge in [0.05, 0.1) is 16.7 Å². The van der Waals surface area contributed by atoms with Gasteiger partial charge in [-0.1, -0.05) is 72.8 Å². The highest BCUT2D eigenvalue weighted by Gasteiger charge is 2.22. The third kappa shape index (κ3) is 2.79. The van der Waals surface area contributed by atoms with Crippen molar-refractivity contribution in [2.75, 3.05) is 5.73 Å². The maximum absolute atomic E-state index is 6.79. The van der Waals surface area contributed by atoms with Crippen molar-refractivity contribution in [3.05, 3.63) is 121 Å². The Kier molecular flexibility index (Phi) is 4.17. The second-order valence-electron chi connectivity index (χ2n) is 10.3. The lowest BCUT2D eigenvalue weighted by atomic mass is 9.99. The largest absolute Gasteiger partial charge is 0.456 e. The quantitative estimate of drug-likeness (QED) is 0.234. The van der Waals surface area contributed by atoms with Gasteiger partial charge >= 0.3 is 0 Å². The summed E-state index contributed by atoms with van der Waals surface area (Å²) in [6, 6.07) is 41.8. The lowest BCUT2D eigenvalue weighted by Crippen LogP contribution is -2.01. The normalized spacial score (nSPS) is 12.1. The molecule has 9 rings (SSSR count). The van der Waals surface area contributed by atoms with Gasteiger partial charge in [-0.15, -0.1) is 0 Å². The van der Waals surface area contributed by atoms with E-state index in [9.17, 15) is 0 Å². The van der Waals surface area contributed by atoms with Crippen LogP contribution in [0.15, 0.2) is 130 Å². The number of nitrogens with zero attached hydrogens (tertiary/aromatic N) is 1. The number of nitrogen functional groups attached to an aromatic ring is 1. The summed E-state index contributed by atoms with van der Waals surface area (Å²) < 4.78 is 15.0. The monoisotopic (exact) mass is 514 g/mol. The van der Waals surface area contributed by atoms with Crippen LogP contribution in [0.5, 0.6) is 0 Å². The molecule has 6 aromatic carbocycles. The smallest absolute Gasteiger partial charge is 0.160 e. The number of fused-ring (bicyclic) bond motifs is 10. The number of nitrogens with two attached hydrogens (primary N) is 1. The molecule has 0 atom stereocenters. The summed E-state index contributed by atoms with van der Waals surface area (Å²) >= 11 is 0. The lowest BCUT2D eigenvalue weighted by molar-refractivity contribution is 0.669. The highest BCUT2D eigenvalue weighted by Crippen LogP contribution is 2.43. The Labute approximate surface area is 228 Å². The molecule has 3 heterocycles. The molecule has 0 unspecified atom stereocenters. The van der Waals surface area contributed by atoms with E-state index >= 15 is 0 Å². The molecule has 0 aliphatic heterocycles. The predicted molar refractivity (Wildman–Crippen MR) is 165 cm³/mol. The fourth-order valence-electron chi connectivity index (χ4n) is 6.42. The fraction of sp³-hybridized carbons (Fsp3) is 0. The van der Waals surface area contributed by atoms with Gasteiger partial charge < -0.3 is 19.1 Å². The zero-order valence-corrected chi connectivity index (χ0v) is 21.4. The van der Waals surface area contributed by atoms with Crippen molar-refractivity contribution < 1.29 is 8.83 Å². The molecule has 0 saturated carbocycles. The molecule has 0 bridgehead atoms. The van der Waals surface area contributed by atoms with Crippen LogP contribution in [0, 0.1) is 0 Å². The molecule has 0 fully saturated rings. The number of benzene rings is 6. The van der Waals surface area contributed by atoms with E-state index in [2.05, 4.69) is 77.4 Å². The second-order valence-corrected chi connectivity index (χ2v) is 10.3. The highest BCUT2D eigenvalue weighted by molar-refractivity contribution is 6.22. The molecule has 40 heavy (non-hydrogen) atoms. The molecule has 188 valence electrons. The fourth-order valence-corrected chi connectivity index (χ4v) is 6.42. The van der Waals surface area contributed by atoms with Gasteiger partial charge in [-0.25, -0.2) is 0 Å². The summed E-state index contributed by atoms with van der Waals surface area (Å²) in [5, 5.41) is 6.70. The van der Waals surface area contributed by atoms with Gasteiger partial charge in [-0.3, -0.25) is 0 Å². The second kappa shape index (κ2) is 7.78. The average molecular weight is 515 g/mol. The zero-order valence-electron chi connectivity index (χ0n) is 21.4. The molecule has 2 N–H and O–H groups in total. The van der Waals surface area contributed by atoms with Crippen molar-refractivity contribution >= 4 is 71.4 Å². The summed E-state index contributed by atoms with van der Waals surface area (Å²) in [4.78, 5) is 0. The Bertz CT molecular complexity index is 2460. The van der Waals surface area contributed by atoms with Crippen LogP contribution in [0.2, 0.25) is 0 Å². The number of hydrogen-bond donors (Lipinski definition) is 1. The van der Waals surface area contributed by atoms with Gasteiger partial charge in [0.25, 0.3) is 0 Å². The van der Waals surface area contributed by atoms with Crippen molar-refractivity contribution in [1.82, 2.24) is 4.57 Å². The van der Waals surface area contributed by atoms with Crippen molar-refractivity contribution in [3.8, 4) is 16.8 Å². The predicted octanol–water partition coefficient (Wildman–Crippen LogP) is 9.83. The Morgan fingerprint density at radius 2 is 1.18 bits per heavy atom. The third-order valence-corrected chi connectivity index (χ3v) is 8.16. The summed E-state index contributed by atoms with van der Waals surface area (Å²) in [5.74, 6) is 0. The van der Waals surface area contributed by atoms with E-state index in [-0.39, 0.29) is 0 Å². The van der Waals surface area contributed by atoms with E-state index < -0.39 is 0 Å². The summed E-state index contributed by atoms with van der Waals surface area (Å²) in [6.45, 7) is 0. The highest BCUT2D eigenvalue weighted by atomic mass is 16.3. The van der Waals surface area contributed by atoms with Crippen molar-refractivity contribution in [1.29, 1.82) is 0 Å². The third-order valence-electron chi connectivity index (χ3n) is 8.16. The van der Waals surface area contributed by atoms with Crippen molar-refractivity contribution in [2.24, 2.45) is 0 Å². The van der Waals surface area contributed by atoms with Crippen LogP contribution in [0.25, 0.3) is 82.5 Å². The zero-order chi connectivity index (χ0) is 26.4. The molecule has 4 nitrogen and oxygen atoms in total. The first kappa shape index (κ1) is 21.5. The molecular weight excluding hydrogens is 492 g/mol. The first-order valence-corrected chi connectivity index (χ1v) is 13.4. The maximum atomic E-state index is 6.79. The Morgan fingerprint density at radius 3 is 2.02 bits per heavy atom. The van der Waals surface area contributed by atoms with E-state index in [4.69, 9.17) is 14.6 Å². The van der Waals surface area contributed by atoms with Crippen LogP contribution in [-0.2, 0) is 0 Å². The first-order chi connectivity index (χ1) is 19.8. The summed E-state index contributed by atoms with van der Waals surface area (Å²) in [7, 11) is 0. The van der Waals surface area contributed by atoms with Gasteiger partial charge in [0.2, 0.25) is 0 Å². The summed E-state index contributed by atoms with van der Waals surface area (Å²) in [6.07, 6.45) is 0. The van der Waals surface area contributed by atoms with Crippen molar-refractivity contribution in [3.63, 3.8) is 0 Å². The molecule has 9 aromatic rings. The van der Waals surface area contributed by atoms with Crippen LogP contribution in [-0.4, -0.2) is 4.57 Å². The Morgan fingerprint density at radius 1 is 0.500 bits per heavy atom. The number of rotatable bonds is 2. The molecule has 0 amide bonds. The molecule has 0 spiro atoms. The number of aromatic nitrogens is 1. The minimum absolute atomic E-state index is 0.715. The molecule has 0 aliphatic carbocycles. The first-order valence-electron chi connectivity index (χ1n) is 13.4. The SMILES string of the molecule is Nc1cccc(-n2c3ccccc3c3ccc4c5ccccc5oc4c32)c1-c1ccc2oc3ccccc3c2c1. The van der Waals surface area contributed by atoms with E-state index in [0.29, 0.717) is 5.69 Å². The minimum Gasteiger partial charge on any atom is -0.456 e. The molecule has 3 aromatic heterocycles. The van der Waals surface area contributed by atoms with E-state index in [1.807, 2.05) is 48.5 Å². The van der Waals surface area contributed by atoms with Crippen LogP contribution in [0.1, 0.15) is 0 Å². The Balaban J connectivity index is 1.43. The van der Waals surface area contributed by atoms with Crippen molar-refractivity contribution in [2.45, 2.75) is 0 Å². The van der Waals surface area contributed by atoms with E-state index in [1.54, 1.807) is 0 Å².